The van der Waals surface area contributed by atoms with E-state index in [4.69, 9.17) is 0 Å². The van der Waals surface area contributed by atoms with E-state index in [2.05, 4.69) is 29.6 Å². The first kappa shape index (κ1) is 16.9. The predicted molar refractivity (Wildman–Crippen MR) is 104 cm³/mol. The van der Waals surface area contributed by atoms with E-state index in [0.29, 0.717) is 6.42 Å². The molecule has 126 valence electrons. The second-order valence-corrected chi connectivity index (χ2v) is 6.02. The van der Waals surface area contributed by atoms with E-state index in [1.807, 2.05) is 60.7 Å². The van der Waals surface area contributed by atoms with E-state index in [0.717, 1.165) is 40.5 Å². The van der Waals surface area contributed by atoms with Gasteiger partial charge in [-0.15, -0.1) is 0 Å². The Morgan fingerprint density at radius 2 is 1.64 bits per heavy atom. The van der Waals surface area contributed by atoms with Gasteiger partial charge in [-0.3, -0.25) is 4.79 Å². The molecule has 3 nitrogen and oxygen atoms in total. The van der Waals surface area contributed by atoms with Crippen LogP contribution in [0.1, 0.15) is 30.9 Å². The summed E-state index contributed by atoms with van der Waals surface area (Å²) in [6.07, 6.45) is 2.13. The van der Waals surface area contributed by atoms with Crippen molar-refractivity contribution in [3.63, 3.8) is 0 Å². The molecule has 0 atom stereocenters. The van der Waals surface area contributed by atoms with Crippen LogP contribution in [-0.2, 0) is 11.2 Å². The minimum Gasteiger partial charge on any atom is -0.273 e. The Kier molecular flexibility index (Phi) is 5.57. The molecule has 3 rings (SSSR count). The topological polar surface area (TPSA) is 41.5 Å². The van der Waals surface area contributed by atoms with Crippen molar-refractivity contribution >= 4 is 22.4 Å². The van der Waals surface area contributed by atoms with Gasteiger partial charge in [-0.25, -0.2) is 5.43 Å². The first-order chi connectivity index (χ1) is 12.3. The van der Waals surface area contributed by atoms with Crippen LogP contribution in [0.5, 0.6) is 0 Å². The van der Waals surface area contributed by atoms with Crippen molar-refractivity contribution in [3.05, 3.63) is 83.9 Å². The maximum absolute atomic E-state index is 12.4. The summed E-state index contributed by atoms with van der Waals surface area (Å²) in [4.78, 5) is 12.4. The highest BCUT2D eigenvalue weighted by Crippen LogP contribution is 2.18. The van der Waals surface area contributed by atoms with Crippen molar-refractivity contribution in [1.29, 1.82) is 0 Å². The molecular formula is C22H22N2O. The summed E-state index contributed by atoms with van der Waals surface area (Å²) >= 11 is 0. The third-order valence-corrected chi connectivity index (χ3v) is 4.14. The van der Waals surface area contributed by atoms with Crippen LogP contribution >= 0.6 is 0 Å². The number of amides is 1. The molecule has 0 saturated heterocycles. The average Bonchev–Trinajstić information content (AvgIpc) is 2.66. The lowest BCUT2D eigenvalue weighted by molar-refractivity contribution is -0.120. The summed E-state index contributed by atoms with van der Waals surface area (Å²) in [6.45, 7) is 2.11. The standard InChI is InChI=1S/C22H22N2O/c1-2-9-21(18-11-4-3-5-12-18)23-24-22(25)16-19-14-8-13-17-10-6-7-15-20(17)19/h3-8,10-15H,2,9,16H2,1H3,(H,24,25). The lowest BCUT2D eigenvalue weighted by Gasteiger charge is -2.08. The average molecular weight is 330 g/mol. The highest BCUT2D eigenvalue weighted by Gasteiger charge is 2.08. The third kappa shape index (κ3) is 4.32. The van der Waals surface area contributed by atoms with Gasteiger partial charge in [0.15, 0.2) is 0 Å². The van der Waals surface area contributed by atoms with Gasteiger partial charge in [-0.1, -0.05) is 86.1 Å². The molecule has 0 aromatic heterocycles. The van der Waals surface area contributed by atoms with Crippen LogP contribution in [0, 0.1) is 0 Å². The van der Waals surface area contributed by atoms with Crippen LogP contribution in [0.4, 0.5) is 0 Å². The zero-order valence-corrected chi connectivity index (χ0v) is 14.4. The minimum absolute atomic E-state index is 0.0964. The smallest absolute Gasteiger partial charge is 0.244 e. The minimum atomic E-state index is -0.0964. The summed E-state index contributed by atoms with van der Waals surface area (Å²) in [7, 11) is 0. The fraction of sp³-hybridized carbons (Fsp3) is 0.182. The summed E-state index contributed by atoms with van der Waals surface area (Å²) in [5.41, 5.74) is 5.71. The van der Waals surface area contributed by atoms with Gasteiger partial charge in [0.05, 0.1) is 12.1 Å². The molecule has 25 heavy (non-hydrogen) atoms. The second kappa shape index (κ2) is 8.25. The summed E-state index contributed by atoms with van der Waals surface area (Å²) in [6, 6.07) is 24.1. The third-order valence-electron chi connectivity index (χ3n) is 4.14. The highest BCUT2D eigenvalue weighted by atomic mass is 16.2. The van der Waals surface area contributed by atoms with E-state index in [-0.39, 0.29) is 5.91 Å². The second-order valence-electron chi connectivity index (χ2n) is 6.02. The predicted octanol–water partition coefficient (Wildman–Crippen LogP) is 4.70. The molecule has 0 spiro atoms. The molecule has 0 radical (unpaired) electrons. The van der Waals surface area contributed by atoms with Gasteiger partial charge in [-0.2, -0.15) is 5.10 Å². The molecule has 3 aromatic rings. The van der Waals surface area contributed by atoms with Gasteiger partial charge in [0.1, 0.15) is 0 Å². The van der Waals surface area contributed by atoms with E-state index >= 15 is 0 Å². The maximum Gasteiger partial charge on any atom is 0.244 e. The van der Waals surface area contributed by atoms with Crippen molar-refractivity contribution in [1.82, 2.24) is 5.43 Å². The lowest BCUT2D eigenvalue weighted by atomic mass is 10.0. The van der Waals surface area contributed by atoms with Gasteiger partial charge in [0.2, 0.25) is 5.91 Å². The van der Waals surface area contributed by atoms with Gasteiger partial charge in [0.25, 0.3) is 0 Å². The molecule has 0 saturated carbocycles. The summed E-state index contributed by atoms with van der Waals surface area (Å²) in [5, 5.41) is 6.63. The van der Waals surface area contributed by atoms with Crippen molar-refractivity contribution in [3.8, 4) is 0 Å². The van der Waals surface area contributed by atoms with Crippen molar-refractivity contribution < 1.29 is 4.79 Å². The number of carbonyl (C=O) groups excluding carboxylic acids is 1. The molecule has 1 amide bonds. The Balaban J connectivity index is 1.75. The van der Waals surface area contributed by atoms with Crippen LogP contribution in [0.15, 0.2) is 77.9 Å². The maximum atomic E-state index is 12.4. The number of nitrogens with zero attached hydrogens (tertiary/aromatic N) is 1. The highest BCUT2D eigenvalue weighted by molar-refractivity contribution is 6.01. The first-order valence-corrected chi connectivity index (χ1v) is 8.65. The molecule has 0 unspecified atom stereocenters. The Morgan fingerprint density at radius 1 is 0.920 bits per heavy atom. The summed E-state index contributed by atoms with van der Waals surface area (Å²) in [5.74, 6) is -0.0964. The molecule has 0 aliphatic rings. The quantitative estimate of drug-likeness (QED) is 0.516. The monoisotopic (exact) mass is 330 g/mol. The molecule has 0 aliphatic heterocycles. The number of benzene rings is 3. The molecule has 0 bridgehead atoms. The molecule has 3 heteroatoms. The van der Waals surface area contributed by atoms with Gasteiger partial charge >= 0.3 is 0 Å². The first-order valence-electron chi connectivity index (χ1n) is 8.65. The van der Waals surface area contributed by atoms with Crippen molar-refractivity contribution in [2.24, 2.45) is 5.10 Å². The van der Waals surface area contributed by atoms with Crippen molar-refractivity contribution in [2.75, 3.05) is 0 Å². The number of rotatable bonds is 6. The van der Waals surface area contributed by atoms with E-state index in [1.54, 1.807) is 0 Å². The Morgan fingerprint density at radius 3 is 2.44 bits per heavy atom. The number of carbonyl (C=O) groups is 1. The van der Waals surface area contributed by atoms with Crippen LogP contribution in [0.25, 0.3) is 10.8 Å². The molecule has 0 heterocycles. The number of hydrazone groups is 1. The van der Waals surface area contributed by atoms with Crippen LogP contribution in [0.2, 0.25) is 0 Å². The molecule has 1 N–H and O–H groups in total. The van der Waals surface area contributed by atoms with Crippen LogP contribution in [-0.4, -0.2) is 11.6 Å². The molecular weight excluding hydrogens is 308 g/mol. The zero-order chi connectivity index (χ0) is 17.5. The van der Waals surface area contributed by atoms with Crippen LogP contribution < -0.4 is 5.43 Å². The van der Waals surface area contributed by atoms with E-state index in [9.17, 15) is 4.79 Å². The normalized spacial score (nSPS) is 11.5. The van der Waals surface area contributed by atoms with Gasteiger partial charge in [0, 0.05) is 0 Å². The van der Waals surface area contributed by atoms with Gasteiger partial charge in [-0.05, 0) is 28.3 Å². The number of hydrogen-bond acceptors (Lipinski definition) is 2. The fourth-order valence-corrected chi connectivity index (χ4v) is 2.92. The molecule has 0 fully saturated rings. The van der Waals surface area contributed by atoms with Gasteiger partial charge < -0.3 is 0 Å². The molecule has 3 aromatic carbocycles. The summed E-state index contributed by atoms with van der Waals surface area (Å²) < 4.78 is 0. The van der Waals surface area contributed by atoms with E-state index in [1.165, 1.54) is 0 Å². The largest absolute Gasteiger partial charge is 0.273 e. The Labute approximate surface area is 148 Å². The number of fused-ring (bicyclic) bond motifs is 1. The SMILES string of the molecule is CCCC(=NNC(=O)Cc1cccc2ccccc12)c1ccccc1. The van der Waals surface area contributed by atoms with Crippen LogP contribution in [0.3, 0.4) is 0 Å². The zero-order valence-electron chi connectivity index (χ0n) is 14.4. The number of nitrogens with one attached hydrogen (secondary N) is 1. The van der Waals surface area contributed by atoms with E-state index < -0.39 is 0 Å². The fourth-order valence-electron chi connectivity index (χ4n) is 2.92. The Bertz CT molecular complexity index is 879. The lowest BCUT2D eigenvalue weighted by Crippen LogP contribution is -2.22. The van der Waals surface area contributed by atoms with Crippen molar-refractivity contribution in [2.45, 2.75) is 26.2 Å². The molecule has 0 aliphatic carbocycles. The Hall–Kier alpha value is -2.94. The number of hydrogen-bond donors (Lipinski definition) is 1.